The van der Waals surface area contributed by atoms with Gasteiger partial charge < -0.3 is 19.7 Å². The summed E-state index contributed by atoms with van der Waals surface area (Å²) in [6.45, 7) is 2.63. The van der Waals surface area contributed by atoms with Gasteiger partial charge in [-0.2, -0.15) is 0 Å². The molecule has 3 aromatic rings. The first-order valence-electron chi connectivity index (χ1n) is 10.7. The van der Waals surface area contributed by atoms with Crippen LogP contribution in [0.25, 0.3) is 0 Å². The van der Waals surface area contributed by atoms with Gasteiger partial charge in [-0.05, 0) is 60.5 Å². The fraction of sp³-hybridized carbons (Fsp3) is 0.231. The number of nitrogens with one attached hydrogen (secondary N) is 1. The van der Waals surface area contributed by atoms with E-state index in [1.807, 2.05) is 31.2 Å². The standard InChI is InChI=1S/C26H25FN2O4/c1-3-23-26(31)29(15-17-6-4-9-22(12-17)32-2)16-19-14-21(10-11-24(19)33-23)28-25(30)18-7-5-8-20(27)13-18/h4-14,23H,3,15-16H2,1-2H3,(H,28,30)/t23-/m0/s1. The summed E-state index contributed by atoms with van der Waals surface area (Å²) in [6.07, 6.45) is -0.0603. The van der Waals surface area contributed by atoms with Gasteiger partial charge in [0, 0.05) is 29.9 Å². The molecule has 0 aromatic heterocycles. The first-order valence-corrected chi connectivity index (χ1v) is 10.7. The molecule has 0 saturated heterocycles. The molecule has 0 aliphatic carbocycles. The molecule has 7 heteroatoms. The number of amides is 2. The Morgan fingerprint density at radius 1 is 1.15 bits per heavy atom. The molecule has 0 saturated carbocycles. The van der Waals surface area contributed by atoms with Gasteiger partial charge in [0.25, 0.3) is 11.8 Å². The third kappa shape index (κ3) is 5.14. The van der Waals surface area contributed by atoms with Gasteiger partial charge in [0.2, 0.25) is 0 Å². The Balaban J connectivity index is 1.59. The Hall–Kier alpha value is -3.87. The second kappa shape index (κ2) is 9.73. The molecule has 1 atom stereocenters. The summed E-state index contributed by atoms with van der Waals surface area (Å²) in [5, 5.41) is 2.79. The van der Waals surface area contributed by atoms with Crippen molar-refractivity contribution in [1.29, 1.82) is 0 Å². The number of halogens is 1. The van der Waals surface area contributed by atoms with Gasteiger partial charge in [-0.1, -0.05) is 25.1 Å². The van der Waals surface area contributed by atoms with E-state index in [-0.39, 0.29) is 11.5 Å². The zero-order valence-corrected chi connectivity index (χ0v) is 18.5. The summed E-state index contributed by atoms with van der Waals surface area (Å²) < 4.78 is 24.8. The molecule has 0 unspecified atom stereocenters. The number of nitrogens with zero attached hydrogens (tertiary/aromatic N) is 1. The van der Waals surface area contributed by atoms with Crippen LogP contribution in [-0.2, 0) is 17.9 Å². The predicted molar refractivity (Wildman–Crippen MR) is 123 cm³/mol. The van der Waals surface area contributed by atoms with E-state index in [2.05, 4.69) is 5.32 Å². The number of rotatable bonds is 6. The van der Waals surface area contributed by atoms with Crippen LogP contribution in [0.2, 0.25) is 0 Å². The van der Waals surface area contributed by atoms with Gasteiger partial charge >= 0.3 is 0 Å². The highest BCUT2D eigenvalue weighted by Gasteiger charge is 2.30. The average molecular weight is 448 g/mol. The first kappa shape index (κ1) is 22.3. The topological polar surface area (TPSA) is 67.9 Å². The summed E-state index contributed by atoms with van der Waals surface area (Å²) in [5.41, 5.74) is 2.48. The lowest BCUT2D eigenvalue weighted by atomic mass is 10.1. The molecule has 0 fully saturated rings. The van der Waals surface area contributed by atoms with Crippen molar-refractivity contribution in [1.82, 2.24) is 4.90 Å². The summed E-state index contributed by atoms with van der Waals surface area (Å²) >= 11 is 0. The normalized spacial score (nSPS) is 15.3. The highest BCUT2D eigenvalue weighted by molar-refractivity contribution is 6.04. The minimum atomic E-state index is -0.593. The Morgan fingerprint density at radius 2 is 1.97 bits per heavy atom. The van der Waals surface area contributed by atoms with E-state index in [9.17, 15) is 14.0 Å². The van der Waals surface area contributed by atoms with E-state index >= 15 is 0 Å². The van der Waals surface area contributed by atoms with E-state index in [1.54, 1.807) is 36.3 Å². The van der Waals surface area contributed by atoms with Crippen molar-refractivity contribution in [2.75, 3.05) is 12.4 Å². The highest BCUT2D eigenvalue weighted by Crippen LogP contribution is 2.30. The van der Waals surface area contributed by atoms with Crippen LogP contribution in [0, 0.1) is 5.82 Å². The van der Waals surface area contributed by atoms with Crippen LogP contribution >= 0.6 is 0 Å². The minimum Gasteiger partial charge on any atom is -0.497 e. The Labute approximate surface area is 191 Å². The van der Waals surface area contributed by atoms with Gasteiger partial charge in [0.1, 0.15) is 17.3 Å². The maximum Gasteiger partial charge on any atom is 0.264 e. The second-order valence-corrected chi connectivity index (χ2v) is 7.85. The largest absolute Gasteiger partial charge is 0.497 e. The number of fused-ring (bicyclic) bond motifs is 1. The molecule has 0 bridgehead atoms. The van der Waals surface area contributed by atoms with Gasteiger partial charge in [-0.15, -0.1) is 0 Å². The molecule has 3 aromatic carbocycles. The number of hydrogen-bond acceptors (Lipinski definition) is 4. The number of carbonyl (C=O) groups excluding carboxylic acids is 2. The first-order chi connectivity index (χ1) is 16.0. The molecule has 4 rings (SSSR count). The molecule has 1 heterocycles. The molecule has 1 aliphatic heterocycles. The maximum atomic E-state index is 13.5. The fourth-order valence-corrected chi connectivity index (χ4v) is 3.80. The van der Waals surface area contributed by atoms with Crippen molar-refractivity contribution in [3.8, 4) is 11.5 Å². The quantitative estimate of drug-likeness (QED) is 0.589. The third-order valence-electron chi connectivity index (χ3n) is 5.50. The van der Waals surface area contributed by atoms with Crippen molar-refractivity contribution in [3.05, 3.63) is 89.2 Å². The molecule has 6 nitrogen and oxygen atoms in total. The second-order valence-electron chi connectivity index (χ2n) is 7.85. The molecule has 0 radical (unpaired) electrons. The Morgan fingerprint density at radius 3 is 2.73 bits per heavy atom. The monoisotopic (exact) mass is 448 g/mol. The summed E-state index contributed by atoms with van der Waals surface area (Å²) in [6, 6.07) is 18.3. The van der Waals surface area contributed by atoms with Crippen molar-refractivity contribution < 1.29 is 23.5 Å². The van der Waals surface area contributed by atoms with E-state index in [0.717, 1.165) is 16.9 Å². The molecule has 0 spiro atoms. The van der Waals surface area contributed by atoms with Gasteiger partial charge in [0.05, 0.1) is 7.11 Å². The molecule has 33 heavy (non-hydrogen) atoms. The summed E-state index contributed by atoms with van der Waals surface area (Å²) in [5.74, 6) is 0.338. The maximum absolute atomic E-state index is 13.5. The van der Waals surface area contributed by atoms with Gasteiger partial charge in [0.15, 0.2) is 6.10 Å². The number of carbonyl (C=O) groups is 2. The van der Waals surface area contributed by atoms with Crippen LogP contribution in [0.4, 0.5) is 10.1 Å². The smallest absolute Gasteiger partial charge is 0.264 e. The van der Waals surface area contributed by atoms with Crippen LogP contribution in [0.3, 0.4) is 0 Å². The molecule has 2 amide bonds. The van der Waals surface area contributed by atoms with Crippen LogP contribution in [0.1, 0.15) is 34.8 Å². The van der Waals surface area contributed by atoms with E-state index in [4.69, 9.17) is 9.47 Å². The van der Waals surface area contributed by atoms with Crippen LogP contribution in [0.15, 0.2) is 66.7 Å². The lowest BCUT2D eigenvalue weighted by Crippen LogP contribution is -2.38. The van der Waals surface area contributed by atoms with Crippen molar-refractivity contribution in [2.24, 2.45) is 0 Å². The molecule has 1 N–H and O–H groups in total. The number of methoxy groups -OCH3 is 1. The number of hydrogen-bond donors (Lipinski definition) is 1. The number of anilines is 1. The zero-order valence-electron chi connectivity index (χ0n) is 18.5. The zero-order chi connectivity index (χ0) is 23.4. The number of benzene rings is 3. The van der Waals surface area contributed by atoms with Gasteiger partial charge in [-0.3, -0.25) is 9.59 Å². The van der Waals surface area contributed by atoms with Crippen molar-refractivity contribution in [3.63, 3.8) is 0 Å². The Kier molecular flexibility index (Phi) is 6.58. The third-order valence-corrected chi connectivity index (χ3v) is 5.50. The minimum absolute atomic E-state index is 0.0955. The fourth-order valence-electron chi connectivity index (χ4n) is 3.80. The van der Waals surface area contributed by atoms with Crippen molar-refractivity contribution >= 4 is 17.5 Å². The summed E-state index contributed by atoms with van der Waals surface area (Å²) in [4.78, 5) is 27.4. The molecule has 1 aliphatic rings. The van der Waals surface area contributed by atoms with Crippen molar-refractivity contribution in [2.45, 2.75) is 32.5 Å². The molecular weight excluding hydrogens is 423 g/mol. The SMILES string of the molecule is CC[C@@H]1Oc2ccc(NC(=O)c3cccc(F)c3)cc2CN(Cc2cccc(OC)c2)C1=O. The average Bonchev–Trinajstić information content (AvgIpc) is 2.95. The lowest BCUT2D eigenvalue weighted by molar-refractivity contribution is -0.139. The number of ether oxygens (including phenoxy) is 2. The van der Waals surface area contributed by atoms with E-state index in [0.29, 0.717) is 30.9 Å². The highest BCUT2D eigenvalue weighted by atomic mass is 19.1. The predicted octanol–water partition coefficient (Wildman–Crippen LogP) is 4.79. The van der Waals surface area contributed by atoms with E-state index in [1.165, 1.54) is 18.2 Å². The van der Waals surface area contributed by atoms with Crippen LogP contribution in [0.5, 0.6) is 11.5 Å². The van der Waals surface area contributed by atoms with Gasteiger partial charge in [-0.25, -0.2) is 4.39 Å². The molecule has 170 valence electrons. The summed E-state index contributed by atoms with van der Waals surface area (Å²) in [7, 11) is 1.60. The van der Waals surface area contributed by atoms with Crippen LogP contribution < -0.4 is 14.8 Å². The molecular formula is C26H25FN2O4. The lowest BCUT2D eigenvalue weighted by Gasteiger charge is -2.23. The van der Waals surface area contributed by atoms with E-state index < -0.39 is 17.8 Å². The van der Waals surface area contributed by atoms with Crippen LogP contribution in [-0.4, -0.2) is 29.9 Å². The Bertz CT molecular complexity index is 1180.